The highest BCUT2D eigenvalue weighted by Crippen LogP contribution is 2.16. The maximum Gasteiger partial charge on any atom is 0.170 e. The van der Waals surface area contributed by atoms with Crippen LogP contribution in [0.5, 0.6) is 0 Å². The largest absolute Gasteiger partial charge is 0.409 e. The highest BCUT2D eigenvalue weighted by atomic mass is 19.1. The number of halogens is 1. The Hall–Kier alpha value is -2.89. The van der Waals surface area contributed by atoms with Crippen molar-refractivity contribution in [1.29, 1.82) is 0 Å². The minimum atomic E-state index is -0.432. The van der Waals surface area contributed by atoms with Crippen LogP contribution in [0, 0.1) is 5.82 Å². The molecule has 0 unspecified atom stereocenters. The molecule has 5 nitrogen and oxygen atoms in total. The van der Waals surface area contributed by atoms with Gasteiger partial charge in [0.25, 0.3) is 0 Å². The number of imidazole rings is 1. The fourth-order valence-electron chi connectivity index (χ4n) is 2.28. The van der Waals surface area contributed by atoms with Crippen molar-refractivity contribution in [3.05, 3.63) is 65.7 Å². The summed E-state index contributed by atoms with van der Waals surface area (Å²) in [6, 6.07) is 12.0. The molecule has 0 atom stereocenters. The summed E-state index contributed by atoms with van der Waals surface area (Å²) in [6.45, 7) is 0.448. The van der Waals surface area contributed by atoms with E-state index in [-0.39, 0.29) is 5.84 Å². The number of aromatic nitrogens is 2. The van der Waals surface area contributed by atoms with Crippen LogP contribution < -0.4 is 5.73 Å². The van der Waals surface area contributed by atoms with E-state index in [9.17, 15) is 4.39 Å². The summed E-state index contributed by atoms with van der Waals surface area (Å²) in [5.74, 6) is -0.551. The van der Waals surface area contributed by atoms with E-state index in [1.54, 1.807) is 12.4 Å². The van der Waals surface area contributed by atoms with Gasteiger partial charge in [-0.3, -0.25) is 0 Å². The molecule has 6 heteroatoms. The molecule has 3 aromatic rings. The average molecular weight is 284 g/mol. The molecule has 0 saturated heterocycles. The van der Waals surface area contributed by atoms with Gasteiger partial charge in [0.05, 0.1) is 17.4 Å². The molecule has 0 aliphatic rings. The van der Waals surface area contributed by atoms with E-state index >= 15 is 0 Å². The lowest BCUT2D eigenvalue weighted by atomic mass is 10.1. The van der Waals surface area contributed by atoms with E-state index in [4.69, 9.17) is 10.9 Å². The number of hydrogen-bond acceptors (Lipinski definition) is 3. The molecule has 1 aromatic heterocycles. The predicted octanol–water partition coefficient (Wildman–Crippen LogP) is 2.32. The van der Waals surface area contributed by atoms with Crippen LogP contribution in [0.25, 0.3) is 11.0 Å². The normalized spacial score (nSPS) is 12.0. The highest BCUT2D eigenvalue weighted by Gasteiger charge is 2.07. The summed E-state index contributed by atoms with van der Waals surface area (Å²) >= 11 is 0. The van der Waals surface area contributed by atoms with Crippen molar-refractivity contribution in [2.45, 2.75) is 6.54 Å². The zero-order chi connectivity index (χ0) is 14.8. The van der Waals surface area contributed by atoms with Crippen LogP contribution in [0.2, 0.25) is 0 Å². The van der Waals surface area contributed by atoms with Gasteiger partial charge in [0.15, 0.2) is 5.84 Å². The molecule has 0 amide bonds. The van der Waals surface area contributed by atoms with Crippen molar-refractivity contribution in [3.63, 3.8) is 0 Å². The molecule has 3 rings (SSSR count). The van der Waals surface area contributed by atoms with E-state index in [1.807, 2.05) is 28.8 Å². The van der Waals surface area contributed by atoms with Crippen LogP contribution in [-0.4, -0.2) is 20.6 Å². The Morgan fingerprint density at radius 1 is 1.29 bits per heavy atom. The maximum atomic E-state index is 13.6. The molecular formula is C15H13FN4O. The molecule has 3 N–H and O–H groups in total. The Kier molecular flexibility index (Phi) is 3.27. The van der Waals surface area contributed by atoms with Gasteiger partial charge >= 0.3 is 0 Å². The number of nitrogens with zero attached hydrogens (tertiary/aromatic N) is 3. The minimum Gasteiger partial charge on any atom is -0.409 e. The third-order valence-electron chi connectivity index (χ3n) is 3.24. The van der Waals surface area contributed by atoms with Gasteiger partial charge in [0.2, 0.25) is 0 Å². The first-order chi connectivity index (χ1) is 10.2. The third kappa shape index (κ3) is 2.55. The van der Waals surface area contributed by atoms with Gasteiger partial charge < -0.3 is 15.5 Å². The fourth-order valence-corrected chi connectivity index (χ4v) is 2.28. The summed E-state index contributed by atoms with van der Waals surface area (Å²) in [5, 5.41) is 11.6. The zero-order valence-electron chi connectivity index (χ0n) is 11.1. The molecule has 0 bridgehead atoms. The minimum absolute atomic E-state index is 0.119. The van der Waals surface area contributed by atoms with Crippen LogP contribution >= 0.6 is 0 Å². The summed E-state index contributed by atoms with van der Waals surface area (Å²) < 4.78 is 15.6. The smallest absolute Gasteiger partial charge is 0.170 e. The van der Waals surface area contributed by atoms with Gasteiger partial charge in [-0.2, -0.15) is 0 Å². The Labute approximate surface area is 120 Å². The van der Waals surface area contributed by atoms with Crippen LogP contribution in [0.1, 0.15) is 11.1 Å². The third-order valence-corrected chi connectivity index (χ3v) is 3.24. The van der Waals surface area contributed by atoms with Crippen LogP contribution in [-0.2, 0) is 6.54 Å². The van der Waals surface area contributed by atoms with Crippen LogP contribution in [0.4, 0.5) is 4.39 Å². The molecule has 0 spiro atoms. The Bertz CT molecular complexity index is 825. The van der Waals surface area contributed by atoms with Crippen molar-refractivity contribution in [2.75, 3.05) is 0 Å². The summed E-state index contributed by atoms with van der Waals surface area (Å²) in [7, 11) is 0. The zero-order valence-corrected chi connectivity index (χ0v) is 11.1. The molecular weight excluding hydrogens is 271 g/mol. The summed E-state index contributed by atoms with van der Waals surface area (Å²) in [6.07, 6.45) is 1.71. The molecule has 106 valence electrons. The van der Waals surface area contributed by atoms with Gasteiger partial charge in [-0.25, -0.2) is 9.37 Å². The highest BCUT2D eigenvalue weighted by molar-refractivity contribution is 5.97. The van der Waals surface area contributed by atoms with Crippen LogP contribution in [0.15, 0.2) is 53.9 Å². The first kappa shape index (κ1) is 13.1. The molecule has 21 heavy (non-hydrogen) atoms. The lowest BCUT2D eigenvalue weighted by Gasteiger charge is -2.07. The number of hydrogen-bond donors (Lipinski definition) is 2. The summed E-state index contributed by atoms with van der Waals surface area (Å²) in [5.41, 5.74) is 8.41. The number of para-hydroxylation sites is 2. The predicted molar refractivity (Wildman–Crippen MR) is 77.7 cm³/mol. The van der Waals surface area contributed by atoms with E-state index in [0.29, 0.717) is 17.7 Å². The average Bonchev–Trinajstić information content (AvgIpc) is 2.89. The molecule has 0 fully saturated rings. The van der Waals surface area contributed by atoms with Crippen molar-refractivity contribution in [1.82, 2.24) is 9.55 Å². The Balaban J connectivity index is 2.00. The van der Waals surface area contributed by atoms with Crippen molar-refractivity contribution in [3.8, 4) is 0 Å². The van der Waals surface area contributed by atoms with Crippen molar-refractivity contribution < 1.29 is 9.60 Å². The second-order valence-corrected chi connectivity index (χ2v) is 4.69. The number of oxime groups is 1. The fraction of sp³-hybridized carbons (Fsp3) is 0.0667. The molecule has 0 radical (unpaired) electrons. The molecule has 0 aliphatic heterocycles. The topological polar surface area (TPSA) is 76.4 Å². The van der Waals surface area contributed by atoms with Crippen molar-refractivity contribution in [2.24, 2.45) is 10.9 Å². The van der Waals surface area contributed by atoms with Crippen molar-refractivity contribution >= 4 is 16.9 Å². The SMILES string of the molecule is N/C(=N/O)c1cc(F)cc(Cn2cnc3ccccc32)c1. The number of nitrogens with two attached hydrogens (primary N) is 1. The van der Waals surface area contributed by atoms with E-state index in [0.717, 1.165) is 11.0 Å². The quantitative estimate of drug-likeness (QED) is 0.335. The molecule has 0 aliphatic carbocycles. The number of fused-ring (bicyclic) bond motifs is 1. The van der Waals surface area contributed by atoms with E-state index < -0.39 is 5.82 Å². The van der Waals surface area contributed by atoms with Gasteiger partial charge in [-0.05, 0) is 35.9 Å². The van der Waals surface area contributed by atoms with Crippen LogP contribution in [0.3, 0.4) is 0 Å². The number of rotatable bonds is 3. The molecule has 1 heterocycles. The molecule has 0 saturated carbocycles. The van der Waals surface area contributed by atoms with Gasteiger partial charge in [-0.15, -0.1) is 0 Å². The second kappa shape index (κ2) is 5.24. The summed E-state index contributed by atoms with van der Waals surface area (Å²) in [4.78, 5) is 4.29. The maximum absolute atomic E-state index is 13.6. The molecule has 2 aromatic carbocycles. The lowest BCUT2D eigenvalue weighted by Crippen LogP contribution is -2.14. The van der Waals surface area contributed by atoms with E-state index in [2.05, 4.69) is 10.1 Å². The first-order valence-corrected chi connectivity index (χ1v) is 6.34. The Morgan fingerprint density at radius 2 is 2.10 bits per heavy atom. The van der Waals surface area contributed by atoms with Gasteiger partial charge in [0.1, 0.15) is 5.82 Å². The van der Waals surface area contributed by atoms with Gasteiger partial charge in [0, 0.05) is 12.1 Å². The van der Waals surface area contributed by atoms with Gasteiger partial charge in [-0.1, -0.05) is 17.3 Å². The first-order valence-electron chi connectivity index (χ1n) is 6.34. The van der Waals surface area contributed by atoms with E-state index in [1.165, 1.54) is 12.1 Å². The number of amidine groups is 1. The lowest BCUT2D eigenvalue weighted by molar-refractivity contribution is 0.318. The second-order valence-electron chi connectivity index (χ2n) is 4.69. The Morgan fingerprint density at radius 3 is 2.90 bits per heavy atom. The number of benzene rings is 2. The monoisotopic (exact) mass is 284 g/mol. The standard InChI is InChI=1S/C15H13FN4O/c16-12-6-10(5-11(7-12)15(17)19-21)8-20-9-18-13-3-1-2-4-14(13)20/h1-7,9,21H,8H2,(H2,17,19).